The third-order valence-electron chi connectivity index (χ3n) is 2.55. The van der Waals surface area contributed by atoms with E-state index < -0.39 is 17.7 Å². The van der Waals surface area contributed by atoms with Crippen LogP contribution >= 0.6 is 0 Å². The standard InChI is InChI=1S/C14H16N2O4/c1-2-3-4-5-9-15-14(20)16-11-8-6-7-10(12(11)17)13(18)19/h1,6-8,17H,3-5,9H2,(H,18,19)(H2,15,16,20). The van der Waals surface area contributed by atoms with Crippen molar-refractivity contribution in [1.82, 2.24) is 5.32 Å². The van der Waals surface area contributed by atoms with Gasteiger partial charge in [0.15, 0.2) is 5.75 Å². The zero-order valence-electron chi connectivity index (χ0n) is 10.8. The maximum atomic E-state index is 11.6. The number of carbonyl (C=O) groups is 2. The Morgan fingerprint density at radius 3 is 2.70 bits per heavy atom. The first kappa shape index (κ1) is 15.4. The minimum atomic E-state index is -1.26. The Morgan fingerprint density at radius 1 is 1.30 bits per heavy atom. The lowest BCUT2D eigenvalue weighted by atomic mass is 10.1. The molecule has 6 nitrogen and oxygen atoms in total. The molecular weight excluding hydrogens is 260 g/mol. The van der Waals surface area contributed by atoms with Crippen molar-refractivity contribution in [2.75, 3.05) is 11.9 Å². The van der Waals surface area contributed by atoms with E-state index in [1.807, 2.05) is 0 Å². The number of carboxylic acids is 1. The second-order valence-corrected chi connectivity index (χ2v) is 4.05. The molecule has 4 N–H and O–H groups in total. The maximum Gasteiger partial charge on any atom is 0.339 e. The summed E-state index contributed by atoms with van der Waals surface area (Å²) in [7, 11) is 0. The lowest BCUT2D eigenvalue weighted by Gasteiger charge is -2.10. The van der Waals surface area contributed by atoms with Gasteiger partial charge in [-0.25, -0.2) is 9.59 Å². The van der Waals surface area contributed by atoms with Crippen molar-refractivity contribution in [3.05, 3.63) is 23.8 Å². The van der Waals surface area contributed by atoms with Crippen LogP contribution in [0.1, 0.15) is 29.6 Å². The highest BCUT2D eigenvalue weighted by molar-refractivity contribution is 5.97. The third kappa shape index (κ3) is 4.53. The highest BCUT2D eigenvalue weighted by atomic mass is 16.4. The molecule has 0 saturated carbocycles. The van der Waals surface area contributed by atoms with Crippen LogP contribution in [0.5, 0.6) is 5.75 Å². The summed E-state index contributed by atoms with van der Waals surface area (Å²) in [4.78, 5) is 22.4. The highest BCUT2D eigenvalue weighted by Crippen LogP contribution is 2.27. The summed E-state index contributed by atoms with van der Waals surface area (Å²) in [5.41, 5.74) is -0.220. The van der Waals surface area contributed by atoms with E-state index in [1.54, 1.807) is 0 Å². The molecule has 1 aromatic rings. The molecule has 106 valence electrons. The van der Waals surface area contributed by atoms with Crippen molar-refractivity contribution in [1.29, 1.82) is 0 Å². The van der Waals surface area contributed by atoms with Gasteiger partial charge in [-0.05, 0) is 25.0 Å². The number of anilines is 1. The molecule has 0 aromatic heterocycles. The van der Waals surface area contributed by atoms with Gasteiger partial charge in [0.05, 0.1) is 5.69 Å². The number of amides is 2. The first-order chi connectivity index (χ1) is 9.56. The van der Waals surface area contributed by atoms with Crippen molar-refractivity contribution in [2.45, 2.75) is 19.3 Å². The molecule has 1 rings (SSSR count). The third-order valence-corrected chi connectivity index (χ3v) is 2.55. The quantitative estimate of drug-likeness (QED) is 0.363. The number of para-hydroxylation sites is 1. The SMILES string of the molecule is C#CCCCCNC(=O)Nc1cccc(C(=O)O)c1O. The van der Waals surface area contributed by atoms with Crippen LogP contribution in [0, 0.1) is 12.3 Å². The normalized spacial score (nSPS) is 9.55. The average Bonchev–Trinajstić information content (AvgIpc) is 2.40. The first-order valence-corrected chi connectivity index (χ1v) is 6.10. The van der Waals surface area contributed by atoms with Gasteiger partial charge in [0.25, 0.3) is 0 Å². The zero-order chi connectivity index (χ0) is 15.0. The number of aromatic hydroxyl groups is 1. The largest absolute Gasteiger partial charge is 0.505 e. The number of aromatic carboxylic acids is 1. The summed E-state index contributed by atoms with van der Waals surface area (Å²) in [5, 5.41) is 23.5. The van der Waals surface area contributed by atoms with Crippen LogP contribution in [0.2, 0.25) is 0 Å². The Hall–Kier alpha value is -2.68. The first-order valence-electron chi connectivity index (χ1n) is 6.10. The molecule has 0 aliphatic rings. The number of hydrogen-bond acceptors (Lipinski definition) is 3. The summed E-state index contributed by atoms with van der Waals surface area (Å²) < 4.78 is 0. The molecule has 0 aliphatic carbocycles. The van der Waals surface area contributed by atoms with Gasteiger partial charge in [0, 0.05) is 13.0 Å². The monoisotopic (exact) mass is 276 g/mol. The molecule has 0 radical (unpaired) electrons. The van der Waals surface area contributed by atoms with Gasteiger partial charge in [-0.3, -0.25) is 0 Å². The molecule has 0 unspecified atom stereocenters. The molecule has 0 aliphatic heterocycles. The Kier molecular flexibility index (Phi) is 5.91. The topological polar surface area (TPSA) is 98.7 Å². The summed E-state index contributed by atoms with van der Waals surface area (Å²) in [6.45, 7) is 0.451. The molecule has 0 fully saturated rings. The number of carboxylic acid groups (broad SMARTS) is 1. The number of hydrogen-bond donors (Lipinski definition) is 4. The van der Waals surface area contributed by atoms with E-state index in [0.717, 1.165) is 12.8 Å². The number of terminal acetylenes is 1. The van der Waals surface area contributed by atoms with Gasteiger partial charge in [-0.1, -0.05) is 6.07 Å². The number of unbranched alkanes of at least 4 members (excludes halogenated alkanes) is 2. The maximum absolute atomic E-state index is 11.6. The van der Waals surface area contributed by atoms with Gasteiger partial charge < -0.3 is 20.8 Å². The lowest BCUT2D eigenvalue weighted by molar-refractivity contribution is 0.0693. The number of urea groups is 1. The van der Waals surface area contributed by atoms with Crippen LogP contribution in [-0.4, -0.2) is 28.8 Å². The summed E-state index contributed by atoms with van der Waals surface area (Å²) in [6.07, 6.45) is 7.32. The lowest BCUT2D eigenvalue weighted by Crippen LogP contribution is -2.29. The van der Waals surface area contributed by atoms with Crippen LogP contribution in [0.25, 0.3) is 0 Å². The molecule has 0 spiro atoms. The summed E-state index contributed by atoms with van der Waals surface area (Å²) >= 11 is 0. The predicted molar refractivity (Wildman–Crippen MR) is 74.8 cm³/mol. The van der Waals surface area contributed by atoms with Gasteiger partial charge >= 0.3 is 12.0 Å². The minimum Gasteiger partial charge on any atom is -0.505 e. The average molecular weight is 276 g/mol. The molecular formula is C14H16N2O4. The molecule has 0 bridgehead atoms. The zero-order valence-corrected chi connectivity index (χ0v) is 10.8. The van der Waals surface area contributed by atoms with Gasteiger partial charge in [0.2, 0.25) is 0 Å². The van der Waals surface area contributed by atoms with Gasteiger partial charge in [-0.2, -0.15) is 0 Å². The number of carbonyl (C=O) groups excluding carboxylic acids is 1. The smallest absolute Gasteiger partial charge is 0.339 e. The van der Waals surface area contributed by atoms with E-state index in [1.165, 1.54) is 18.2 Å². The molecule has 2 amide bonds. The van der Waals surface area contributed by atoms with E-state index >= 15 is 0 Å². The van der Waals surface area contributed by atoms with Crippen molar-refractivity contribution in [3.63, 3.8) is 0 Å². The van der Waals surface area contributed by atoms with Crippen LogP contribution in [0.15, 0.2) is 18.2 Å². The van der Waals surface area contributed by atoms with E-state index in [-0.39, 0.29) is 11.3 Å². The molecule has 6 heteroatoms. The van der Waals surface area contributed by atoms with Crippen molar-refractivity contribution in [3.8, 4) is 18.1 Å². The van der Waals surface area contributed by atoms with Gasteiger partial charge in [-0.15, -0.1) is 12.3 Å². The molecule has 0 saturated heterocycles. The van der Waals surface area contributed by atoms with E-state index in [4.69, 9.17) is 11.5 Å². The fourth-order valence-corrected chi connectivity index (χ4v) is 1.54. The fraction of sp³-hybridized carbons (Fsp3) is 0.286. The Bertz CT molecular complexity index is 534. The summed E-state index contributed by atoms with van der Waals surface area (Å²) in [6, 6.07) is 3.59. The molecule has 20 heavy (non-hydrogen) atoms. The van der Waals surface area contributed by atoms with E-state index in [9.17, 15) is 14.7 Å². The second-order valence-electron chi connectivity index (χ2n) is 4.05. The Balaban J connectivity index is 2.52. The highest BCUT2D eigenvalue weighted by Gasteiger charge is 2.14. The van der Waals surface area contributed by atoms with Crippen LogP contribution in [-0.2, 0) is 0 Å². The summed E-state index contributed by atoms with van der Waals surface area (Å²) in [5.74, 6) is 0.770. The van der Waals surface area contributed by atoms with Crippen LogP contribution in [0.4, 0.5) is 10.5 Å². The number of nitrogens with one attached hydrogen (secondary N) is 2. The Labute approximate surface area is 116 Å². The van der Waals surface area contributed by atoms with Crippen molar-refractivity contribution in [2.24, 2.45) is 0 Å². The fourth-order valence-electron chi connectivity index (χ4n) is 1.54. The van der Waals surface area contributed by atoms with Crippen LogP contribution < -0.4 is 10.6 Å². The second kappa shape index (κ2) is 7.69. The predicted octanol–water partition coefficient (Wildman–Crippen LogP) is 2.02. The number of benzene rings is 1. The minimum absolute atomic E-state index is 0.0472. The number of rotatable bonds is 6. The van der Waals surface area contributed by atoms with E-state index in [2.05, 4.69) is 16.6 Å². The van der Waals surface area contributed by atoms with Crippen molar-refractivity contribution >= 4 is 17.7 Å². The van der Waals surface area contributed by atoms with Gasteiger partial charge in [0.1, 0.15) is 5.56 Å². The molecule has 0 atom stereocenters. The van der Waals surface area contributed by atoms with Crippen molar-refractivity contribution < 1.29 is 19.8 Å². The Morgan fingerprint density at radius 2 is 2.05 bits per heavy atom. The van der Waals surface area contributed by atoms with Crippen LogP contribution in [0.3, 0.4) is 0 Å². The molecule has 0 heterocycles. The molecule has 1 aromatic carbocycles. The van der Waals surface area contributed by atoms with E-state index in [0.29, 0.717) is 13.0 Å². The number of phenols is 1.